The predicted molar refractivity (Wildman–Crippen MR) is 92.3 cm³/mol. The van der Waals surface area contributed by atoms with Crippen molar-refractivity contribution in [1.29, 1.82) is 0 Å². The van der Waals surface area contributed by atoms with Gasteiger partial charge in [-0.05, 0) is 42.5 Å². The third-order valence-corrected chi connectivity index (χ3v) is 6.67. The van der Waals surface area contributed by atoms with Crippen molar-refractivity contribution in [2.45, 2.75) is 32.3 Å². The van der Waals surface area contributed by atoms with Gasteiger partial charge < -0.3 is 4.74 Å². The van der Waals surface area contributed by atoms with E-state index in [2.05, 4.69) is 10.2 Å². The van der Waals surface area contributed by atoms with E-state index in [1.165, 1.54) is 28.7 Å². The Morgan fingerprint density at radius 2 is 2.24 bits per heavy atom. The number of hydrogen-bond acceptors (Lipinski definition) is 6. The molecule has 0 aromatic carbocycles. The third kappa shape index (κ3) is 2.16. The van der Waals surface area contributed by atoms with Crippen molar-refractivity contribution in [2.24, 2.45) is 24.8 Å². The highest BCUT2D eigenvalue weighted by Crippen LogP contribution is 2.48. The first-order valence-electron chi connectivity index (χ1n) is 8.60. The Bertz CT molecular complexity index is 1050. The first kappa shape index (κ1) is 15.1. The van der Waals surface area contributed by atoms with Crippen LogP contribution in [0.15, 0.2) is 16.2 Å². The Morgan fingerprint density at radius 1 is 1.36 bits per heavy atom. The highest BCUT2D eigenvalue weighted by Gasteiger charge is 2.44. The summed E-state index contributed by atoms with van der Waals surface area (Å²) in [5, 5.41) is 10.1. The van der Waals surface area contributed by atoms with Gasteiger partial charge in [0.15, 0.2) is 12.4 Å². The van der Waals surface area contributed by atoms with Crippen LogP contribution in [-0.4, -0.2) is 25.1 Å². The number of carbonyl (C=O) groups is 1. The van der Waals surface area contributed by atoms with Crippen molar-refractivity contribution >= 4 is 33.3 Å². The van der Waals surface area contributed by atoms with Crippen molar-refractivity contribution < 1.29 is 9.53 Å². The maximum atomic E-state index is 12.5. The van der Waals surface area contributed by atoms with Crippen LogP contribution in [0.3, 0.4) is 0 Å². The summed E-state index contributed by atoms with van der Waals surface area (Å²) in [6.07, 6.45) is 4.54. The number of esters is 1. The van der Waals surface area contributed by atoms with Crippen LogP contribution >= 0.6 is 11.3 Å². The number of ether oxygens (including phenoxy) is 1. The maximum Gasteiger partial charge on any atom is 0.309 e. The topological polar surface area (TPSA) is 78.5 Å². The molecule has 3 atom stereocenters. The van der Waals surface area contributed by atoms with Gasteiger partial charge in [0, 0.05) is 7.05 Å². The molecule has 2 fully saturated rings. The van der Waals surface area contributed by atoms with E-state index in [4.69, 9.17) is 4.74 Å². The van der Waals surface area contributed by atoms with Crippen molar-refractivity contribution in [3.8, 4) is 0 Å². The molecule has 0 amide bonds. The molecule has 5 rings (SSSR count). The highest BCUT2D eigenvalue weighted by atomic mass is 32.1. The monoisotopic (exact) mass is 358 g/mol. The lowest BCUT2D eigenvalue weighted by Gasteiger charge is -2.19. The van der Waals surface area contributed by atoms with Crippen LogP contribution in [0.4, 0.5) is 0 Å². The Hall–Kier alpha value is -2.22. The molecule has 3 unspecified atom stereocenters. The molecular weight excluding hydrogens is 340 g/mol. The minimum atomic E-state index is -0.115. The summed E-state index contributed by atoms with van der Waals surface area (Å²) in [5.74, 6) is 2.14. The molecule has 0 aliphatic heterocycles. The van der Waals surface area contributed by atoms with Gasteiger partial charge >= 0.3 is 5.97 Å². The molecular formula is C17H18N4O3S. The molecule has 8 heteroatoms. The molecule has 0 spiro atoms. The fourth-order valence-corrected chi connectivity index (χ4v) is 5.37. The number of rotatable bonds is 3. The Kier molecular flexibility index (Phi) is 3.25. The highest BCUT2D eigenvalue weighted by molar-refractivity contribution is 7.17. The van der Waals surface area contributed by atoms with Crippen LogP contribution < -0.4 is 5.56 Å². The van der Waals surface area contributed by atoms with Crippen molar-refractivity contribution in [1.82, 2.24) is 19.2 Å². The van der Waals surface area contributed by atoms with E-state index in [1.807, 2.05) is 11.4 Å². The van der Waals surface area contributed by atoms with E-state index in [-0.39, 0.29) is 24.1 Å². The SMILES string of the molecule is Cn1c(=O)c2sccc2n2c(COC(=O)C3CC4CCC3C4)nnc12. The molecule has 2 aliphatic rings. The number of thiophene rings is 1. The van der Waals surface area contributed by atoms with Gasteiger partial charge in [0.25, 0.3) is 5.56 Å². The third-order valence-electron chi connectivity index (χ3n) is 5.78. The van der Waals surface area contributed by atoms with Crippen molar-refractivity contribution in [2.75, 3.05) is 0 Å². The van der Waals surface area contributed by atoms with Crippen molar-refractivity contribution in [3.63, 3.8) is 0 Å². The normalized spacial score (nSPS) is 25.2. The summed E-state index contributed by atoms with van der Waals surface area (Å²) in [6, 6.07) is 1.87. The zero-order chi connectivity index (χ0) is 17.1. The molecule has 0 N–H and O–H groups in total. The van der Waals surface area contributed by atoms with E-state index in [0.717, 1.165) is 18.4 Å². The second-order valence-corrected chi connectivity index (χ2v) is 8.06. The lowest BCUT2D eigenvalue weighted by molar-refractivity contribution is -0.152. The van der Waals surface area contributed by atoms with Crippen LogP contribution in [0.1, 0.15) is 31.5 Å². The van der Waals surface area contributed by atoms with Crippen LogP contribution in [0.5, 0.6) is 0 Å². The molecule has 3 heterocycles. The van der Waals surface area contributed by atoms with Gasteiger partial charge in [-0.15, -0.1) is 21.5 Å². The Labute approximate surface area is 147 Å². The van der Waals surface area contributed by atoms with E-state index in [0.29, 0.717) is 28.1 Å². The van der Waals surface area contributed by atoms with Gasteiger partial charge in [0.05, 0.1) is 11.4 Å². The number of aromatic nitrogens is 4. The molecule has 3 aromatic heterocycles. The molecule has 0 radical (unpaired) electrons. The quantitative estimate of drug-likeness (QED) is 0.670. The van der Waals surface area contributed by atoms with Crippen LogP contribution in [0, 0.1) is 17.8 Å². The number of carbonyl (C=O) groups excluding carboxylic acids is 1. The number of aryl methyl sites for hydroxylation is 1. The summed E-state index contributed by atoms with van der Waals surface area (Å²) >= 11 is 1.39. The van der Waals surface area contributed by atoms with Gasteiger partial charge in [-0.3, -0.25) is 18.6 Å². The first-order chi connectivity index (χ1) is 12.1. The zero-order valence-electron chi connectivity index (χ0n) is 13.8. The van der Waals surface area contributed by atoms with E-state index in [9.17, 15) is 9.59 Å². The maximum absolute atomic E-state index is 12.5. The summed E-state index contributed by atoms with van der Waals surface area (Å²) < 4.78 is 9.52. The zero-order valence-corrected chi connectivity index (χ0v) is 14.7. The Balaban J connectivity index is 1.46. The van der Waals surface area contributed by atoms with Crippen LogP contribution in [-0.2, 0) is 23.2 Å². The second kappa shape index (κ2) is 5.39. The average Bonchev–Trinajstić information content (AvgIpc) is 3.39. The van der Waals surface area contributed by atoms with Gasteiger partial charge in [-0.25, -0.2) is 0 Å². The van der Waals surface area contributed by atoms with Gasteiger partial charge in [-0.1, -0.05) is 6.42 Å². The van der Waals surface area contributed by atoms with Crippen molar-refractivity contribution in [3.05, 3.63) is 27.6 Å². The number of nitrogens with zero attached hydrogens (tertiary/aromatic N) is 4. The van der Waals surface area contributed by atoms with Gasteiger partial charge in [-0.2, -0.15) is 0 Å². The molecule has 25 heavy (non-hydrogen) atoms. The molecule has 2 bridgehead atoms. The van der Waals surface area contributed by atoms with Gasteiger partial charge in [0.2, 0.25) is 5.78 Å². The minimum absolute atomic E-state index is 0.0449. The molecule has 0 saturated heterocycles. The first-order valence-corrected chi connectivity index (χ1v) is 9.48. The van der Waals surface area contributed by atoms with E-state index >= 15 is 0 Å². The standard InChI is InChI=1S/C17H18N4O3S/c1-20-15(22)14-12(4-5-25-14)21-13(18-19-17(20)21)8-24-16(23)11-7-9-2-3-10(11)6-9/h4-5,9-11H,2-3,6-8H2,1H3. The lowest BCUT2D eigenvalue weighted by atomic mass is 9.89. The molecule has 130 valence electrons. The Morgan fingerprint density at radius 3 is 3.00 bits per heavy atom. The molecule has 2 aliphatic carbocycles. The second-order valence-electron chi connectivity index (χ2n) is 7.14. The van der Waals surface area contributed by atoms with Crippen LogP contribution in [0.2, 0.25) is 0 Å². The van der Waals surface area contributed by atoms with Gasteiger partial charge in [0.1, 0.15) is 4.70 Å². The lowest BCUT2D eigenvalue weighted by Crippen LogP contribution is -2.23. The fraction of sp³-hybridized carbons (Fsp3) is 0.529. The molecule has 7 nitrogen and oxygen atoms in total. The summed E-state index contributed by atoms with van der Waals surface area (Å²) in [7, 11) is 1.68. The summed E-state index contributed by atoms with van der Waals surface area (Å²) in [4.78, 5) is 24.8. The van der Waals surface area contributed by atoms with E-state index in [1.54, 1.807) is 11.4 Å². The summed E-state index contributed by atoms with van der Waals surface area (Å²) in [5.41, 5.74) is 0.675. The summed E-state index contributed by atoms with van der Waals surface area (Å²) in [6.45, 7) is 0.0804. The largest absolute Gasteiger partial charge is 0.457 e. The number of fused-ring (bicyclic) bond motifs is 5. The average molecular weight is 358 g/mol. The minimum Gasteiger partial charge on any atom is -0.457 e. The molecule has 3 aromatic rings. The van der Waals surface area contributed by atoms with E-state index < -0.39 is 0 Å². The fourth-order valence-electron chi connectivity index (χ4n) is 4.52. The predicted octanol–water partition coefficient (Wildman–Crippen LogP) is 2.12. The molecule has 2 saturated carbocycles. The van der Waals surface area contributed by atoms with Crippen LogP contribution in [0.25, 0.3) is 16.0 Å². The number of hydrogen-bond donors (Lipinski definition) is 0. The smallest absolute Gasteiger partial charge is 0.309 e.